The van der Waals surface area contributed by atoms with E-state index in [0.29, 0.717) is 18.1 Å². The standard InChI is InChI=1S/C24H32N2O2/c1-17(2)20-6-4-5-7-21(20)22-16-26(13-12-25-22)15-18-8-11-23(24(14-18)27-3)28-19-9-10-19/h4-8,11,14,17,19,22,25H,9-10,12-13,15-16H2,1-3H3/t22-/m0/s1. The quantitative estimate of drug-likeness (QED) is 0.766. The van der Waals surface area contributed by atoms with Gasteiger partial charge in [0.2, 0.25) is 0 Å². The van der Waals surface area contributed by atoms with E-state index in [1.54, 1.807) is 7.11 Å². The van der Waals surface area contributed by atoms with Gasteiger partial charge in [0.05, 0.1) is 13.2 Å². The molecule has 4 rings (SSSR count). The van der Waals surface area contributed by atoms with E-state index < -0.39 is 0 Å². The fourth-order valence-corrected chi connectivity index (χ4v) is 4.05. The molecule has 0 amide bonds. The van der Waals surface area contributed by atoms with Crippen LogP contribution in [0, 0.1) is 0 Å². The molecule has 4 heteroatoms. The van der Waals surface area contributed by atoms with Crippen molar-refractivity contribution in [2.45, 2.75) is 51.3 Å². The maximum Gasteiger partial charge on any atom is 0.161 e. The zero-order chi connectivity index (χ0) is 19.5. The molecule has 0 aromatic heterocycles. The Bertz CT molecular complexity index is 801. The smallest absolute Gasteiger partial charge is 0.161 e. The van der Waals surface area contributed by atoms with Gasteiger partial charge in [-0.15, -0.1) is 0 Å². The van der Waals surface area contributed by atoms with Gasteiger partial charge < -0.3 is 14.8 Å². The number of nitrogens with one attached hydrogen (secondary N) is 1. The van der Waals surface area contributed by atoms with E-state index in [2.05, 4.69) is 66.5 Å². The van der Waals surface area contributed by atoms with Crippen molar-refractivity contribution in [1.29, 1.82) is 0 Å². The van der Waals surface area contributed by atoms with Crippen LogP contribution in [0.3, 0.4) is 0 Å². The summed E-state index contributed by atoms with van der Waals surface area (Å²) in [5.74, 6) is 2.26. The van der Waals surface area contributed by atoms with Crippen LogP contribution in [-0.2, 0) is 6.54 Å². The highest BCUT2D eigenvalue weighted by atomic mass is 16.5. The molecular weight excluding hydrogens is 348 g/mol. The molecule has 0 spiro atoms. The van der Waals surface area contributed by atoms with Crippen molar-refractivity contribution < 1.29 is 9.47 Å². The summed E-state index contributed by atoms with van der Waals surface area (Å²) < 4.78 is 11.5. The van der Waals surface area contributed by atoms with Crippen LogP contribution in [0.1, 0.15) is 55.3 Å². The molecule has 1 atom stereocenters. The first-order chi connectivity index (χ1) is 13.6. The van der Waals surface area contributed by atoms with E-state index in [9.17, 15) is 0 Å². The number of ether oxygens (including phenoxy) is 2. The molecule has 1 aliphatic heterocycles. The van der Waals surface area contributed by atoms with Gasteiger partial charge in [-0.1, -0.05) is 44.2 Å². The fraction of sp³-hybridized carbons (Fsp3) is 0.500. The summed E-state index contributed by atoms with van der Waals surface area (Å²) in [6.07, 6.45) is 2.70. The van der Waals surface area contributed by atoms with Crippen LogP contribution in [0.4, 0.5) is 0 Å². The van der Waals surface area contributed by atoms with Crippen molar-refractivity contribution in [2.75, 3.05) is 26.7 Å². The molecule has 1 N–H and O–H groups in total. The van der Waals surface area contributed by atoms with Gasteiger partial charge >= 0.3 is 0 Å². The predicted octanol–water partition coefficient (Wildman–Crippen LogP) is 4.51. The molecule has 0 unspecified atom stereocenters. The number of methoxy groups -OCH3 is 1. The molecule has 1 saturated heterocycles. The van der Waals surface area contributed by atoms with E-state index in [4.69, 9.17) is 9.47 Å². The van der Waals surface area contributed by atoms with Crippen molar-refractivity contribution in [1.82, 2.24) is 10.2 Å². The van der Waals surface area contributed by atoms with Crippen molar-refractivity contribution in [2.24, 2.45) is 0 Å². The van der Waals surface area contributed by atoms with Crippen LogP contribution in [0.25, 0.3) is 0 Å². The van der Waals surface area contributed by atoms with Gasteiger partial charge in [0, 0.05) is 32.2 Å². The molecule has 28 heavy (non-hydrogen) atoms. The van der Waals surface area contributed by atoms with Crippen molar-refractivity contribution >= 4 is 0 Å². The normalized spacial score (nSPS) is 20.4. The van der Waals surface area contributed by atoms with E-state index in [-0.39, 0.29) is 0 Å². The third-order valence-electron chi connectivity index (χ3n) is 5.71. The summed E-state index contributed by atoms with van der Waals surface area (Å²) in [5.41, 5.74) is 4.16. The zero-order valence-electron chi connectivity index (χ0n) is 17.3. The second-order valence-electron chi connectivity index (χ2n) is 8.33. The Balaban J connectivity index is 1.45. The predicted molar refractivity (Wildman–Crippen MR) is 113 cm³/mol. The molecule has 2 fully saturated rings. The molecule has 1 heterocycles. The number of benzene rings is 2. The minimum atomic E-state index is 0.381. The van der Waals surface area contributed by atoms with Crippen LogP contribution < -0.4 is 14.8 Å². The maximum absolute atomic E-state index is 5.95. The molecule has 150 valence electrons. The minimum Gasteiger partial charge on any atom is -0.493 e. The number of hydrogen-bond donors (Lipinski definition) is 1. The zero-order valence-corrected chi connectivity index (χ0v) is 17.3. The summed E-state index contributed by atoms with van der Waals surface area (Å²) >= 11 is 0. The topological polar surface area (TPSA) is 33.7 Å². The number of nitrogens with zero attached hydrogens (tertiary/aromatic N) is 1. The van der Waals surface area contributed by atoms with Gasteiger partial charge in [-0.05, 0) is 47.6 Å². The van der Waals surface area contributed by atoms with Gasteiger partial charge in [0.1, 0.15) is 0 Å². The second kappa shape index (κ2) is 8.54. The summed E-state index contributed by atoms with van der Waals surface area (Å²) in [4.78, 5) is 2.54. The summed E-state index contributed by atoms with van der Waals surface area (Å²) in [6.45, 7) is 8.57. The fourth-order valence-electron chi connectivity index (χ4n) is 4.05. The van der Waals surface area contributed by atoms with Crippen molar-refractivity contribution in [3.63, 3.8) is 0 Å². The van der Waals surface area contributed by atoms with Crippen LogP contribution in [-0.4, -0.2) is 37.7 Å². The number of rotatable bonds is 7. The molecule has 0 bridgehead atoms. The average molecular weight is 381 g/mol. The first kappa shape index (κ1) is 19.3. The lowest BCUT2D eigenvalue weighted by Gasteiger charge is -2.35. The Morgan fingerprint density at radius 3 is 2.68 bits per heavy atom. The van der Waals surface area contributed by atoms with Crippen LogP contribution in [0.5, 0.6) is 11.5 Å². The van der Waals surface area contributed by atoms with Gasteiger partial charge in [-0.25, -0.2) is 0 Å². The van der Waals surface area contributed by atoms with Gasteiger partial charge in [-0.3, -0.25) is 4.90 Å². The highest BCUT2D eigenvalue weighted by Gasteiger charge is 2.26. The number of hydrogen-bond acceptors (Lipinski definition) is 4. The molecule has 2 aromatic rings. The molecule has 1 aliphatic carbocycles. The Kier molecular flexibility index (Phi) is 5.88. The molecule has 1 saturated carbocycles. The molecule has 2 aromatic carbocycles. The lowest BCUT2D eigenvalue weighted by Crippen LogP contribution is -2.45. The molecule has 4 nitrogen and oxygen atoms in total. The van der Waals surface area contributed by atoms with Crippen molar-refractivity contribution in [3.05, 3.63) is 59.2 Å². The van der Waals surface area contributed by atoms with Gasteiger partial charge in [-0.2, -0.15) is 0 Å². The maximum atomic E-state index is 5.95. The van der Waals surface area contributed by atoms with E-state index in [0.717, 1.165) is 50.5 Å². The first-order valence-corrected chi connectivity index (χ1v) is 10.5. The number of piperazine rings is 1. The third-order valence-corrected chi connectivity index (χ3v) is 5.71. The van der Waals surface area contributed by atoms with Crippen LogP contribution >= 0.6 is 0 Å². The monoisotopic (exact) mass is 380 g/mol. The Labute approximate surface area is 168 Å². The molecule has 2 aliphatic rings. The highest BCUT2D eigenvalue weighted by Crippen LogP contribution is 2.34. The summed E-state index contributed by atoms with van der Waals surface area (Å²) in [6, 6.07) is 15.6. The second-order valence-corrected chi connectivity index (χ2v) is 8.33. The Morgan fingerprint density at radius 1 is 1.11 bits per heavy atom. The molecular formula is C24H32N2O2. The van der Waals surface area contributed by atoms with Crippen LogP contribution in [0.2, 0.25) is 0 Å². The van der Waals surface area contributed by atoms with Crippen molar-refractivity contribution in [3.8, 4) is 11.5 Å². The third kappa shape index (κ3) is 4.50. The lowest BCUT2D eigenvalue weighted by molar-refractivity contribution is 0.192. The van der Waals surface area contributed by atoms with E-state index in [1.165, 1.54) is 16.7 Å². The highest BCUT2D eigenvalue weighted by molar-refractivity contribution is 5.43. The van der Waals surface area contributed by atoms with E-state index >= 15 is 0 Å². The minimum absolute atomic E-state index is 0.381. The van der Waals surface area contributed by atoms with Gasteiger partial charge in [0.15, 0.2) is 11.5 Å². The molecule has 0 radical (unpaired) electrons. The Hall–Kier alpha value is -2.04. The van der Waals surface area contributed by atoms with Crippen LogP contribution in [0.15, 0.2) is 42.5 Å². The average Bonchev–Trinajstić information content (AvgIpc) is 3.53. The Morgan fingerprint density at radius 2 is 1.93 bits per heavy atom. The summed E-state index contributed by atoms with van der Waals surface area (Å²) in [7, 11) is 1.72. The summed E-state index contributed by atoms with van der Waals surface area (Å²) in [5, 5.41) is 3.72. The lowest BCUT2D eigenvalue weighted by atomic mass is 9.92. The SMILES string of the molecule is COc1cc(CN2CCN[C@H](c3ccccc3C(C)C)C2)ccc1OC1CC1. The van der Waals surface area contributed by atoms with Gasteiger partial charge in [0.25, 0.3) is 0 Å². The largest absolute Gasteiger partial charge is 0.493 e. The van der Waals surface area contributed by atoms with E-state index in [1.807, 2.05) is 0 Å². The first-order valence-electron chi connectivity index (χ1n) is 10.5.